The number of carbonyl (C=O) groups excluding carboxylic acids is 1. The summed E-state index contributed by atoms with van der Waals surface area (Å²) in [7, 11) is 1.69. The minimum absolute atomic E-state index is 0.0363. The van der Waals surface area contributed by atoms with E-state index in [1.807, 2.05) is 0 Å². The van der Waals surface area contributed by atoms with Crippen LogP contribution in [0, 0.1) is 0 Å². The molecule has 0 aliphatic carbocycles. The van der Waals surface area contributed by atoms with Gasteiger partial charge in [-0.25, -0.2) is 4.98 Å². The van der Waals surface area contributed by atoms with Crippen LogP contribution in [0.15, 0.2) is 48.8 Å². The number of pyridine rings is 1. The lowest BCUT2D eigenvalue weighted by Gasteiger charge is -2.19. The maximum Gasteiger partial charge on any atom is 0.416 e. The summed E-state index contributed by atoms with van der Waals surface area (Å²) in [5, 5.41) is 25.7. The Morgan fingerprint density at radius 3 is 2.47 bits per heavy atom. The lowest BCUT2D eigenvalue weighted by atomic mass is 10.1. The molecule has 0 spiro atoms. The number of hydrogen-bond donors (Lipinski definition) is 3. The Kier molecular flexibility index (Phi) is 6.80. The van der Waals surface area contributed by atoms with Gasteiger partial charge in [0.25, 0.3) is 5.91 Å². The molecule has 2 aromatic heterocycles. The highest BCUT2D eigenvalue weighted by molar-refractivity contribution is 5.95. The van der Waals surface area contributed by atoms with E-state index >= 15 is 0 Å². The average molecular weight is 450 g/mol. The van der Waals surface area contributed by atoms with Gasteiger partial charge < -0.3 is 20.3 Å². The van der Waals surface area contributed by atoms with Crippen LogP contribution in [-0.2, 0) is 13.2 Å². The van der Waals surface area contributed by atoms with Crippen LogP contribution < -0.4 is 10.1 Å². The van der Waals surface area contributed by atoms with Crippen molar-refractivity contribution in [1.29, 1.82) is 0 Å². The Bertz CT molecular complexity index is 1080. The maximum absolute atomic E-state index is 12.8. The second-order valence-corrected chi connectivity index (χ2v) is 7.08. The van der Waals surface area contributed by atoms with Gasteiger partial charge in [0.1, 0.15) is 5.75 Å². The Hall–Kier alpha value is -3.44. The molecule has 0 radical (unpaired) electrons. The maximum atomic E-state index is 12.8. The Balaban J connectivity index is 1.93. The highest BCUT2D eigenvalue weighted by Crippen LogP contribution is 2.34. The second kappa shape index (κ2) is 9.37. The van der Waals surface area contributed by atoms with E-state index in [1.54, 1.807) is 19.3 Å². The van der Waals surface area contributed by atoms with Crippen LogP contribution in [0.5, 0.6) is 11.6 Å². The molecule has 0 unspecified atom stereocenters. The first-order chi connectivity index (χ1) is 15.1. The first-order valence-corrected chi connectivity index (χ1v) is 9.53. The van der Waals surface area contributed by atoms with Gasteiger partial charge in [-0.1, -0.05) is 0 Å². The van der Waals surface area contributed by atoms with E-state index in [4.69, 9.17) is 4.74 Å². The molecule has 0 saturated heterocycles. The summed E-state index contributed by atoms with van der Waals surface area (Å²) in [4.78, 5) is 16.7. The predicted octanol–water partition coefficient (Wildman–Crippen LogP) is 2.76. The molecule has 3 N–H and O–H groups in total. The predicted molar refractivity (Wildman–Crippen MR) is 108 cm³/mol. The summed E-state index contributed by atoms with van der Waals surface area (Å²) >= 11 is 0. The van der Waals surface area contributed by atoms with Gasteiger partial charge in [0.2, 0.25) is 5.88 Å². The molecular weight excluding hydrogens is 429 g/mol. The molecule has 0 aliphatic heterocycles. The number of alkyl halides is 3. The molecule has 1 aromatic carbocycles. The number of halogens is 3. The summed E-state index contributed by atoms with van der Waals surface area (Å²) in [6.45, 7) is 0.971. The third-order valence-electron chi connectivity index (χ3n) is 4.59. The summed E-state index contributed by atoms with van der Waals surface area (Å²) < 4.78 is 45.6. The lowest BCUT2D eigenvalue weighted by Crippen LogP contribution is -2.44. The molecule has 2 heterocycles. The molecule has 2 atom stereocenters. The molecule has 0 bridgehead atoms. The van der Waals surface area contributed by atoms with E-state index in [0.29, 0.717) is 11.3 Å². The smallest absolute Gasteiger partial charge is 0.416 e. The normalized spacial score (nSPS) is 13.5. The van der Waals surface area contributed by atoms with Crippen molar-refractivity contribution in [3.05, 3.63) is 59.9 Å². The first kappa shape index (κ1) is 23.2. The van der Waals surface area contributed by atoms with Crippen molar-refractivity contribution in [2.45, 2.75) is 25.2 Å². The van der Waals surface area contributed by atoms with Gasteiger partial charge in [-0.15, -0.1) is 0 Å². The molecule has 11 heteroatoms. The number of aryl methyl sites for hydroxylation is 1. The minimum atomic E-state index is -4.47. The third-order valence-corrected chi connectivity index (χ3v) is 4.59. The summed E-state index contributed by atoms with van der Waals surface area (Å²) in [6.07, 6.45) is -2.56. The molecule has 0 saturated carbocycles. The van der Waals surface area contributed by atoms with Gasteiger partial charge in [-0.3, -0.25) is 9.48 Å². The summed E-state index contributed by atoms with van der Waals surface area (Å²) in [5.74, 6) is -0.431. The van der Waals surface area contributed by atoms with Gasteiger partial charge in [0.15, 0.2) is 0 Å². The second-order valence-electron chi connectivity index (χ2n) is 7.08. The monoisotopic (exact) mass is 450 g/mol. The van der Waals surface area contributed by atoms with Crippen LogP contribution in [-0.4, -0.2) is 49.6 Å². The average Bonchev–Trinajstić information content (AvgIpc) is 3.17. The zero-order valence-electron chi connectivity index (χ0n) is 17.2. The van der Waals surface area contributed by atoms with Crippen molar-refractivity contribution < 1.29 is 32.9 Å². The van der Waals surface area contributed by atoms with Gasteiger partial charge in [0.05, 0.1) is 41.1 Å². The van der Waals surface area contributed by atoms with E-state index < -0.39 is 36.4 Å². The first-order valence-electron chi connectivity index (χ1n) is 9.53. The highest BCUT2D eigenvalue weighted by atomic mass is 19.4. The van der Waals surface area contributed by atoms with Crippen LogP contribution in [0.4, 0.5) is 13.2 Å². The van der Waals surface area contributed by atoms with E-state index in [9.17, 15) is 28.2 Å². The van der Waals surface area contributed by atoms with Gasteiger partial charge >= 0.3 is 6.18 Å². The number of benzene rings is 1. The minimum Gasteiger partial charge on any atom is -0.438 e. The van der Waals surface area contributed by atoms with Crippen molar-refractivity contribution in [2.75, 3.05) is 6.61 Å². The van der Waals surface area contributed by atoms with Crippen molar-refractivity contribution >= 4 is 5.91 Å². The fourth-order valence-electron chi connectivity index (χ4n) is 2.79. The fourth-order valence-corrected chi connectivity index (χ4v) is 2.79. The third kappa shape index (κ3) is 5.42. The van der Waals surface area contributed by atoms with Crippen molar-refractivity contribution in [3.63, 3.8) is 0 Å². The molecule has 8 nitrogen and oxygen atoms in total. The van der Waals surface area contributed by atoms with E-state index in [2.05, 4.69) is 15.4 Å². The molecule has 0 fully saturated rings. The number of ether oxygens (including phenoxy) is 1. The van der Waals surface area contributed by atoms with Gasteiger partial charge in [0, 0.05) is 19.4 Å². The summed E-state index contributed by atoms with van der Waals surface area (Å²) in [5.41, 5.74) is 0.0531. The number of carbonyl (C=O) groups is 1. The van der Waals surface area contributed by atoms with Crippen LogP contribution in [0.1, 0.15) is 22.8 Å². The van der Waals surface area contributed by atoms with E-state index in [-0.39, 0.29) is 17.2 Å². The topological polar surface area (TPSA) is 110 Å². The Morgan fingerprint density at radius 1 is 1.25 bits per heavy atom. The SMILES string of the molecule is C[C@@H](O)[C@H](CO)NC(=O)c1cnc(Oc2ccc(C(F)(F)F)cc2)c(-c2ccn(C)n2)c1. The molecule has 32 heavy (non-hydrogen) atoms. The van der Waals surface area contributed by atoms with Crippen molar-refractivity contribution in [2.24, 2.45) is 7.05 Å². The number of nitrogens with one attached hydrogen (secondary N) is 1. The number of amides is 1. The number of nitrogens with zero attached hydrogens (tertiary/aromatic N) is 3. The van der Waals surface area contributed by atoms with Gasteiger partial charge in [-0.05, 0) is 43.3 Å². The summed E-state index contributed by atoms with van der Waals surface area (Å²) in [6, 6.07) is 6.36. The van der Waals surface area contributed by atoms with Gasteiger partial charge in [-0.2, -0.15) is 18.3 Å². The standard InChI is InChI=1S/C21H21F3N4O4/c1-12(30)18(11-29)26-19(31)13-9-16(17-7-8-28(2)27-17)20(25-10-13)32-15-5-3-14(4-6-15)21(22,23)24/h3-10,12,18,29-30H,11H2,1-2H3,(H,26,31)/t12-,18+/m1/s1. The number of aromatic nitrogens is 3. The Morgan fingerprint density at radius 2 is 1.94 bits per heavy atom. The number of aliphatic hydroxyl groups is 2. The lowest BCUT2D eigenvalue weighted by molar-refractivity contribution is -0.137. The number of hydrogen-bond acceptors (Lipinski definition) is 6. The quantitative estimate of drug-likeness (QED) is 0.511. The number of rotatable bonds is 7. The van der Waals surface area contributed by atoms with Crippen LogP contribution in [0.25, 0.3) is 11.3 Å². The molecule has 3 aromatic rings. The zero-order valence-corrected chi connectivity index (χ0v) is 17.2. The molecular formula is C21H21F3N4O4. The molecule has 0 aliphatic rings. The molecule has 170 valence electrons. The Labute approximate surface area is 181 Å². The fraction of sp³-hybridized carbons (Fsp3) is 0.286. The van der Waals surface area contributed by atoms with Crippen molar-refractivity contribution in [3.8, 4) is 22.9 Å². The van der Waals surface area contributed by atoms with Crippen LogP contribution in [0.3, 0.4) is 0 Å². The largest absolute Gasteiger partial charge is 0.438 e. The van der Waals surface area contributed by atoms with E-state index in [1.165, 1.54) is 36.0 Å². The van der Waals surface area contributed by atoms with Crippen molar-refractivity contribution in [1.82, 2.24) is 20.1 Å². The molecule has 1 amide bonds. The zero-order chi connectivity index (χ0) is 23.5. The van der Waals surface area contributed by atoms with Crippen LogP contribution >= 0.6 is 0 Å². The van der Waals surface area contributed by atoms with Crippen LogP contribution in [0.2, 0.25) is 0 Å². The van der Waals surface area contributed by atoms with E-state index in [0.717, 1.165) is 12.1 Å². The highest BCUT2D eigenvalue weighted by Gasteiger charge is 2.30. The number of aliphatic hydroxyl groups excluding tert-OH is 2. The molecule has 3 rings (SSSR count).